The molecule has 4 N–H and O–H groups in total. The van der Waals surface area contributed by atoms with Crippen molar-refractivity contribution in [2.75, 3.05) is 12.3 Å². The number of nitrogens with one attached hydrogen (secondary N) is 2. The topological polar surface area (TPSA) is 53.8 Å². The molecule has 0 bridgehead atoms. The number of aromatic amines is 1. The molecule has 0 radical (unpaired) electrons. The van der Waals surface area contributed by atoms with Crippen LogP contribution in [0.15, 0.2) is 16.6 Å². The average molecular weight is 266 g/mol. The predicted octanol–water partition coefficient (Wildman–Crippen LogP) is 2.16. The molecule has 0 atom stereocenters. The van der Waals surface area contributed by atoms with Gasteiger partial charge in [-0.2, -0.15) is 0 Å². The number of hydrogen-bond acceptors (Lipinski definition) is 2. The lowest BCUT2D eigenvalue weighted by molar-refractivity contribution is 0.637. The molecule has 15 heavy (non-hydrogen) atoms. The highest BCUT2D eigenvalue weighted by Gasteiger charge is 2.15. The van der Waals surface area contributed by atoms with Gasteiger partial charge in [-0.3, -0.25) is 0 Å². The van der Waals surface area contributed by atoms with E-state index in [-0.39, 0.29) is 0 Å². The molecule has 3 nitrogen and oxygen atoms in total. The predicted molar refractivity (Wildman–Crippen MR) is 65.8 cm³/mol. The Morgan fingerprint density at radius 2 is 2.20 bits per heavy atom. The van der Waals surface area contributed by atoms with E-state index >= 15 is 0 Å². The fourth-order valence-electron chi connectivity index (χ4n) is 2.21. The maximum atomic E-state index is 5.90. The minimum Gasteiger partial charge on any atom is -0.398 e. The van der Waals surface area contributed by atoms with Crippen LogP contribution in [0.1, 0.15) is 11.3 Å². The van der Waals surface area contributed by atoms with Crippen LogP contribution >= 0.6 is 15.9 Å². The molecule has 78 valence electrons. The fourth-order valence-corrected chi connectivity index (χ4v) is 2.55. The SMILES string of the molecule is Nc1cc2c3c([nH]c2cc1Br)CNCC3. The Kier molecular flexibility index (Phi) is 2.00. The van der Waals surface area contributed by atoms with E-state index in [1.807, 2.05) is 0 Å². The third-order valence-electron chi connectivity index (χ3n) is 2.97. The Balaban J connectivity index is 2.33. The maximum absolute atomic E-state index is 5.90. The van der Waals surface area contributed by atoms with Crippen LogP contribution in [-0.2, 0) is 13.0 Å². The number of benzene rings is 1. The molecule has 4 heteroatoms. The molecule has 0 saturated carbocycles. The van der Waals surface area contributed by atoms with E-state index in [0.29, 0.717) is 0 Å². The van der Waals surface area contributed by atoms with Gasteiger partial charge in [0.2, 0.25) is 0 Å². The van der Waals surface area contributed by atoms with Crippen molar-refractivity contribution in [2.24, 2.45) is 0 Å². The van der Waals surface area contributed by atoms with Gasteiger partial charge in [0.05, 0.1) is 0 Å². The molecule has 2 aromatic rings. The zero-order chi connectivity index (χ0) is 10.4. The minimum atomic E-state index is 0.808. The van der Waals surface area contributed by atoms with Crippen molar-refractivity contribution in [1.82, 2.24) is 10.3 Å². The molecule has 0 aliphatic carbocycles. The molecule has 1 aliphatic rings. The van der Waals surface area contributed by atoms with Crippen LogP contribution in [0.25, 0.3) is 10.9 Å². The Morgan fingerprint density at radius 3 is 3.07 bits per heavy atom. The number of anilines is 1. The van der Waals surface area contributed by atoms with Crippen molar-refractivity contribution in [3.63, 3.8) is 0 Å². The third-order valence-corrected chi connectivity index (χ3v) is 3.65. The van der Waals surface area contributed by atoms with Gasteiger partial charge in [-0.1, -0.05) is 0 Å². The zero-order valence-corrected chi connectivity index (χ0v) is 9.82. The van der Waals surface area contributed by atoms with Gasteiger partial charge in [-0.15, -0.1) is 0 Å². The first-order valence-corrected chi connectivity index (χ1v) is 5.84. The standard InChI is InChI=1S/C11H12BrN3/c12-8-4-10-7(3-9(8)13)6-1-2-14-5-11(6)15-10/h3-4,14-15H,1-2,5,13H2. The summed E-state index contributed by atoms with van der Waals surface area (Å²) in [6.07, 6.45) is 1.08. The van der Waals surface area contributed by atoms with Crippen LogP contribution in [0.4, 0.5) is 5.69 Å². The molecule has 0 unspecified atom stereocenters. The molecule has 0 saturated heterocycles. The van der Waals surface area contributed by atoms with Crippen LogP contribution in [0.2, 0.25) is 0 Å². The first kappa shape index (κ1) is 9.24. The number of halogens is 1. The molecular formula is C11H12BrN3. The van der Waals surface area contributed by atoms with Crippen LogP contribution in [0.3, 0.4) is 0 Å². The Labute approximate surface area is 96.2 Å². The Bertz CT molecular complexity index is 530. The lowest BCUT2D eigenvalue weighted by atomic mass is 10.0. The Morgan fingerprint density at radius 1 is 1.33 bits per heavy atom. The molecule has 1 aliphatic heterocycles. The maximum Gasteiger partial charge on any atom is 0.0472 e. The van der Waals surface area contributed by atoms with Gasteiger partial charge in [-0.25, -0.2) is 0 Å². The van der Waals surface area contributed by atoms with E-state index < -0.39 is 0 Å². The number of aromatic nitrogens is 1. The molecule has 0 amide bonds. The van der Waals surface area contributed by atoms with Crippen LogP contribution in [0, 0.1) is 0 Å². The highest BCUT2D eigenvalue weighted by Crippen LogP contribution is 2.31. The first-order valence-electron chi connectivity index (χ1n) is 5.05. The number of nitrogens with two attached hydrogens (primary N) is 1. The van der Waals surface area contributed by atoms with Crippen molar-refractivity contribution in [2.45, 2.75) is 13.0 Å². The van der Waals surface area contributed by atoms with Gasteiger partial charge in [0, 0.05) is 33.3 Å². The van der Waals surface area contributed by atoms with E-state index in [9.17, 15) is 0 Å². The monoisotopic (exact) mass is 265 g/mol. The van der Waals surface area contributed by atoms with Crippen LogP contribution in [0.5, 0.6) is 0 Å². The minimum absolute atomic E-state index is 0.808. The van der Waals surface area contributed by atoms with Crippen LogP contribution < -0.4 is 11.1 Å². The quantitative estimate of drug-likeness (QED) is 0.640. The van der Waals surface area contributed by atoms with Crippen molar-refractivity contribution >= 4 is 32.5 Å². The summed E-state index contributed by atoms with van der Waals surface area (Å²) in [6.45, 7) is 1.98. The van der Waals surface area contributed by atoms with E-state index in [2.05, 4.69) is 38.4 Å². The van der Waals surface area contributed by atoms with E-state index in [1.165, 1.54) is 22.2 Å². The molecular weight excluding hydrogens is 254 g/mol. The number of fused-ring (bicyclic) bond motifs is 3. The largest absolute Gasteiger partial charge is 0.398 e. The van der Waals surface area contributed by atoms with Gasteiger partial charge in [0.25, 0.3) is 0 Å². The first-order chi connectivity index (χ1) is 7.25. The van der Waals surface area contributed by atoms with Crippen molar-refractivity contribution < 1.29 is 0 Å². The molecule has 0 fully saturated rings. The van der Waals surface area contributed by atoms with Gasteiger partial charge >= 0.3 is 0 Å². The van der Waals surface area contributed by atoms with Crippen molar-refractivity contribution in [1.29, 1.82) is 0 Å². The van der Waals surface area contributed by atoms with Crippen molar-refractivity contribution in [3.8, 4) is 0 Å². The number of hydrogen-bond donors (Lipinski definition) is 3. The smallest absolute Gasteiger partial charge is 0.0472 e. The van der Waals surface area contributed by atoms with Gasteiger partial charge in [0.15, 0.2) is 0 Å². The fraction of sp³-hybridized carbons (Fsp3) is 0.273. The molecule has 0 spiro atoms. The lowest BCUT2D eigenvalue weighted by Crippen LogP contribution is -2.22. The molecule has 1 aromatic heterocycles. The second-order valence-corrected chi connectivity index (χ2v) is 4.78. The highest BCUT2D eigenvalue weighted by molar-refractivity contribution is 9.10. The molecule has 1 aromatic carbocycles. The number of H-pyrrole nitrogens is 1. The third kappa shape index (κ3) is 1.36. The summed E-state index contributed by atoms with van der Waals surface area (Å²) >= 11 is 3.45. The molecule has 3 rings (SSSR count). The van der Waals surface area contributed by atoms with E-state index in [4.69, 9.17) is 5.73 Å². The lowest BCUT2D eigenvalue weighted by Gasteiger charge is -2.12. The average Bonchev–Trinajstić information content (AvgIpc) is 2.57. The number of rotatable bonds is 0. The normalized spacial score (nSPS) is 15.5. The Hall–Kier alpha value is -1.00. The van der Waals surface area contributed by atoms with E-state index in [1.54, 1.807) is 0 Å². The summed E-state index contributed by atoms with van der Waals surface area (Å²) in [5, 5.41) is 4.63. The van der Waals surface area contributed by atoms with Crippen LogP contribution in [-0.4, -0.2) is 11.5 Å². The van der Waals surface area contributed by atoms with Gasteiger partial charge < -0.3 is 16.0 Å². The number of nitrogen functional groups attached to an aromatic ring is 1. The van der Waals surface area contributed by atoms with Gasteiger partial charge in [-0.05, 0) is 46.6 Å². The summed E-state index contributed by atoms with van der Waals surface area (Å²) in [4.78, 5) is 3.44. The summed E-state index contributed by atoms with van der Waals surface area (Å²) in [5.74, 6) is 0. The molecule has 2 heterocycles. The van der Waals surface area contributed by atoms with Gasteiger partial charge in [0.1, 0.15) is 0 Å². The second-order valence-electron chi connectivity index (χ2n) is 3.93. The summed E-state index contributed by atoms with van der Waals surface area (Å²) < 4.78 is 0.960. The summed E-state index contributed by atoms with van der Waals surface area (Å²) in [5.41, 5.74) is 10.6. The highest BCUT2D eigenvalue weighted by atomic mass is 79.9. The summed E-state index contributed by atoms with van der Waals surface area (Å²) in [6, 6.07) is 4.11. The van der Waals surface area contributed by atoms with E-state index in [0.717, 1.165) is 29.7 Å². The van der Waals surface area contributed by atoms with Crippen molar-refractivity contribution in [3.05, 3.63) is 27.9 Å². The zero-order valence-electron chi connectivity index (χ0n) is 8.23. The summed E-state index contributed by atoms with van der Waals surface area (Å²) in [7, 11) is 0. The second kappa shape index (κ2) is 3.25.